The Hall–Kier alpha value is -1.69. The molecule has 1 fully saturated rings. The van der Waals surface area contributed by atoms with Crippen molar-refractivity contribution in [2.45, 2.75) is 25.5 Å². The third-order valence-electron chi connectivity index (χ3n) is 4.49. The largest absolute Gasteiger partial charge is 0.349 e. The molecule has 0 saturated carbocycles. The second-order valence-electron chi connectivity index (χ2n) is 6.47. The topological polar surface area (TPSA) is 52.7 Å². The molecule has 1 N–H and O–H groups in total. The van der Waals surface area contributed by atoms with E-state index in [1.165, 1.54) is 5.56 Å². The van der Waals surface area contributed by atoms with Gasteiger partial charge < -0.3 is 15.1 Å². The summed E-state index contributed by atoms with van der Waals surface area (Å²) in [6, 6.07) is 5.89. The molecule has 1 aromatic rings. The van der Waals surface area contributed by atoms with Crippen molar-refractivity contribution in [2.24, 2.45) is 5.92 Å². The van der Waals surface area contributed by atoms with Crippen LogP contribution in [0.2, 0.25) is 0 Å². The number of nitrogens with one attached hydrogen (secondary N) is 1. The maximum Gasteiger partial charge on any atom is 0.321 e. The number of nitrogens with zero attached hydrogens (tertiary/aromatic N) is 2. The lowest BCUT2D eigenvalue weighted by atomic mass is 9.97. The third kappa shape index (κ3) is 4.44. The summed E-state index contributed by atoms with van der Waals surface area (Å²) in [6.45, 7) is 3.23. The fraction of sp³-hybridized carbons (Fsp3) is 0.556. The number of anilines is 1. The van der Waals surface area contributed by atoms with E-state index in [0.29, 0.717) is 13.1 Å². The summed E-state index contributed by atoms with van der Waals surface area (Å²) in [5, 5.41) is 3.02. The molecule has 1 aromatic carbocycles. The van der Waals surface area contributed by atoms with Gasteiger partial charge in [-0.15, -0.1) is 0 Å². The van der Waals surface area contributed by atoms with Crippen LogP contribution in [0.5, 0.6) is 0 Å². The van der Waals surface area contributed by atoms with E-state index in [-0.39, 0.29) is 17.9 Å². The highest BCUT2D eigenvalue weighted by molar-refractivity contribution is 7.97. The lowest BCUT2D eigenvalue weighted by Crippen LogP contribution is -2.46. The van der Waals surface area contributed by atoms with Gasteiger partial charge in [-0.3, -0.25) is 4.79 Å². The van der Waals surface area contributed by atoms with Crippen LogP contribution in [-0.4, -0.2) is 55.2 Å². The van der Waals surface area contributed by atoms with Gasteiger partial charge in [-0.1, -0.05) is 12.1 Å². The second-order valence-corrected chi connectivity index (χ2v) is 7.34. The molecule has 132 valence electrons. The minimum absolute atomic E-state index is 0.0941. The summed E-state index contributed by atoms with van der Waals surface area (Å²) in [4.78, 5) is 28.1. The van der Waals surface area contributed by atoms with Gasteiger partial charge in [0, 0.05) is 38.6 Å². The number of thioether (sulfide) groups is 1. The van der Waals surface area contributed by atoms with Crippen molar-refractivity contribution >= 4 is 29.4 Å². The van der Waals surface area contributed by atoms with Crippen molar-refractivity contribution in [1.82, 2.24) is 9.80 Å². The highest BCUT2D eigenvalue weighted by atomic mass is 32.2. The monoisotopic (exact) mass is 349 g/mol. The van der Waals surface area contributed by atoms with Crippen LogP contribution >= 0.6 is 11.8 Å². The van der Waals surface area contributed by atoms with Crippen LogP contribution in [0.25, 0.3) is 0 Å². The molecule has 1 saturated heterocycles. The van der Waals surface area contributed by atoms with Crippen LogP contribution < -0.4 is 5.32 Å². The summed E-state index contributed by atoms with van der Waals surface area (Å²) in [6.07, 6.45) is 3.78. The molecular weight excluding hydrogens is 322 g/mol. The van der Waals surface area contributed by atoms with Crippen molar-refractivity contribution in [3.05, 3.63) is 29.3 Å². The van der Waals surface area contributed by atoms with Gasteiger partial charge in [0.2, 0.25) is 5.91 Å². The van der Waals surface area contributed by atoms with E-state index >= 15 is 0 Å². The average Bonchev–Trinajstić information content (AvgIpc) is 2.58. The first-order valence-corrected chi connectivity index (χ1v) is 9.68. The summed E-state index contributed by atoms with van der Waals surface area (Å²) in [5.74, 6) is 0.938. The van der Waals surface area contributed by atoms with Crippen molar-refractivity contribution in [1.29, 1.82) is 0 Å². The third-order valence-corrected chi connectivity index (χ3v) is 5.09. The molecule has 0 bridgehead atoms. The Morgan fingerprint density at radius 3 is 2.79 bits per heavy atom. The van der Waals surface area contributed by atoms with E-state index in [9.17, 15) is 9.59 Å². The van der Waals surface area contributed by atoms with Crippen molar-refractivity contribution in [3.8, 4) is 0 Å². The van der Waals surface area contributed by atoms with Crippen molar-refractivity contribution in [3.63, 3.8) is 0 Å². The summed E-state index contributed by atoms with van der Waals surface area (Å²) >= 11 is 1.77. The summed E-state index contributed by atoms with van der Waals surface area (Å²) in [5.41, 5.74) is 3.20. The molecule has 1 aliphatic rings. The summed E-state index contributed by atoms with van der Waals surface area (Å²) < 4.78 is 0. The fourth-order valence-electron chi connectivity index (χ4n) is 3.05. The highest BCUT2D eigenvalue weighted by Gasteiger charge is 2.29. The number of amides is 3. The SMILES string of the molecule is CSCc1cccc(NC(=O)N2CCCC(C(=O)N(C)C)C2)c1C. The molecule has 6 heteroatoms. The molecule has 1 atom stereocenters. The van der Waals surface area contributed by atoms with Crippen LogP contribution in [0.4, 0.5) is 10.5 Å². The molecule has 1 heterocycles. The molecule has 2 rings (SSSR count). The van der Waals surface area contributed by atoms with E-state index in [4.69, 9.17) is 0 Å². The van der Waals surface area contributed by atoms with E-state index in [1.54, 1.807) is 35.7 Å². The lowest BCUT2D eigenvalue weighted by Gasteiger charge is -2.33. The van der Waals surface area contributed by atoms with Gasteiger partial charge in [0.15, 0.2) is 0 Å². The molecule has 0 aliphatic carbocycles. The minimum atomic E-state index is -0.115. The van der Waals surface area contributed by atoms with E-state index in [2.05, 4.69) is 17.6 Å². The Morgan fingerprint density at radius 1 is 1.38 bits per heavy atom. The fourth-order valence-corrected chi connectivity index (χ4v) is 3.68. The predicted molar refractivity (Wildman–Crippen MR) is 100 cm³/mol. The van der Waals surface area contributed by atoms with Crippen LogP contribution in [0.3, 0.4) is 0 Å². The van der Waals surface area contributed by atoms with Crippen LogP contribution in [-0.2, 0) is 10.5 Å². The van der Waals surface area contributed by atoms with E-state index in [1.807, 2.05) is 19.1 Å². The minimum Gasteiger partial charge on any atom is -0.349 e. The quantitative estimate of drug-likeness (QED) is 0.908. The first kappa shape index (κ1) is 18.6. The zero-order valence-electron chi connectivity index (χ0n) is 15.0. The van der Waals surface area contributed by atoms with Crippen LogP contribution in [0.1, 0.15) is 24.0 Å². The Labute approximate surface area is 148 Å². The zero-order valence-corrected chi connectivity index (χ0v) is 15.8. The van der Waals surface area contributed by atoms with Gasteiger partial charge in [-0.25, -0.2) is 4.79 Å². The van der Waals surface area contributed by atoms with Crippen molar-refractivity contribution in [2.75, 3.05) is 38.8 Å². The van der Waals surface area contributed by atoms with Gasteiger partial charge in [0.05, 0.1) is 5.92 Å². The number of urea groups is 1. The number of rotatable bonds is 4. The number of piperidine rings is 1. The Morgan fingerprint density at radius 2 is 2.12 bits per heavy atom. The number of benzene rings is 1. The Kier molecular flexibility index (Phi) is 6.54. The number of carbonyl (C=O) groups excluding carboxylic acids is 2. The number of hydrogen-bond donors (Lipinski definition) is 1. The summed E-state index contributed by atoms with van der Waals surface area (Å²) in [7, 11) is 3.53. The molecule has 0 radical (unpaired) electrons. The van der Waals surface area contributed by atoms with Crippen LogP contribution in [0, 0.1) is 12.8 Å². The molecule has 1 aliphatic heterocycles. The molecule has 1 unspecified atom stereocenters. The predicted octanol–water partition coefficient (Wildman–Crippen LogP) is 3.19. The highest BCUT2D eigenvalue weighted by Crippen LogP contribution is 2.24. The molecule has 5 nitrogen and oxygen atoms in total. The Balaban J connectivity index is 2.04. The molecule has 0 spiro atoms. The number of hydrogen-bond acceptors (Lipinski definition) is 3. The standard InChI is InChI=1S/C18H27N3O2S/c1-13-15(12-24-4)7-5-9-16(13)19-18(23)21-10-6-8-14(11-21)17(22)20(2)3/h5,7,9,14H,6,8,10-12H2,1-4H3,(H,19,23). The van der Waals surface area contributed by atoms with Crippen molar-refractivity contribution < 1.29 is 9.59 Å². The van der Waals surface area contributed by atoms with E-state index in [0.717, 1.165) is 29.8 Å². The van der Waals surface area contributed by atoms with Crippen LogP contribution in [0.15, 0.2) is 18.2 Å². The molecule has 24 heavy (non-hydrogen) atoms. The van der Waals surface area contributed by atoms with Gasteiger partial charge >= 0.3 is 6.03 Å². The first-order chi connectivity index (χ1) is 11.4. The zero-order chi connectivity index (χ0) is 17.7. The lowest BCUT2D eigenvalue weighted by molar-refractivity contribution is -0.134. The van der Waals surface area contributed by atoms with Gasteiger partial charge in [-0.2, -0.15) is 11.8 Å². The van der Waals surface area contributed by atoms with Gasteiger partial charge in [-0.05, 0) is 43.2 Å². The first-order valence-electron chi connectivity index (χ1n) is 8.28. The normalized spacial score (nSPS) is 17.5. The molecular formula is C18H27N3O2S. The van der Waals surface area contributed by atoms with Gasteiger partial charge in [0.1, 0.15) is 0 Å². The maximum absolute atomic E-state index is 12.6. The second kappa shape index (κ2) is 8.42. The average molecular weight is 350 g/mol. The molecule has 0 aromatic heterocycles. The molecule has 3 amide bonds. The smallest absolute Gasteiger partial charge is 0.321 e. The van der Waals surface area contributed by atoms with E-state index < -0.39 is 0 Å². The number of likely N-dealkylation sites (tertiary alicyclic amines) is 1. The Bertz CT molecular complexity index is 604. The maximum atomic E-state index is 12.6. The number of carbonyl (C=O) groups is 2. The van der Waals surface area contributed by atoms with Gasteiger partial charge in [0.25, 0.3) is 0 Å².